The molecular formula is C19H26O2S. The minimum Gasteiger partial charge on any atom is -0.478 e. The van der Waals surface area contributed by atoms with Gasteiger partial charge < -0.3 is 5.11 Å². The first-order valence-electron chi connectivity index (χ1n) is 8.31. The summed E-state index contributed by atoms with van der Waals surface area (Å²) in [7, 11) is 0. The number of thioether (sulfide) groups is 1. The van der Waals surface area contributed by atoms with E-state index in [0.717, 1.165) is 29.2 Å². The van der Waals surface area contributed by atoms with Gasteiger partial charge in [-0.25, -0.2) is 4.79 Å². The largest absolute Gasteiger partial charge is 0.478 e. The van der Waals surface area contributed by atoms with Gasteiger partial charge in [0.25, 0.3) is 0 Å². The summed E-state index contributed by atoms with van der Waals surface area (Å²) in [6.45, 7) is 3.77. The Balaban J connectivity index is 1.66. The van der Waals surface area contributed by atoms with Crippen LogP contribution in [-0.2, 0) is 6.42 Å². The zero-order valence-corrected chi connectivity index (χ0v) is 14.0. The quantitative estimate of drug-likeness (QED) is 0.437. The highest BCUT2D eigenvalue weighted by molar-refractivity contribution is 8.06. The van der Waals surface area contributed by atoms with Crippen molar-refractivity contribution in [2.45, 2.75) is 56.6 Å². The van der Waals surface area contributed by atoms with Crippen LogP contribution in [0.3, 0.4) is 0 Å². The van der Waals surface area contributed by atoms with Crippen LogP contribution in [0, 0.1) is 0 Å². The van der Waals surface area contributed by atoms with Gasteiger partial charge in [-0.1, -0.05) is 56.9 Å². The lowest BCUT2D eigenvalue weighted by molar-refractivity contribution is 0.0696. The van der Waals surface area contributed by atoms with Crippen LogP contribution in [0.15, 0.2) is 24.8 Å². The minimum atomic E-state index is -0.870. The highest BCUT2D eigenvalue weighted by Crippen LogP contribution is 2.34. The maximum absolute atomic E-state index is 11.2. The normalized spacial score (nSPS) is 16.5. The molecule has 1 saturated heterocycles. The average molecular weight is 318 g/mol. The molecule has 1 fully saturated rings. The van der Waals surface area contributed by atoms with Gasteiger partial charge in [-0.05, 0) is 36.5 Å². The van der Waals surface area contributed by atoms with Gasteiger partial charge in [0.2, 0.25) is 0 Å². The SMILES string of the molecule is C=Cc1c(CCCCCCCCC2CS2)cccc1C(=O)O. The second kappa shape index (κ2) is 9.04. The molecule has 0 amide bonds. The third kappa shape index (κ3) is 5.53. The second-order valence-corrected chi connectivity index (χ2v) is 7.34. The first-order valence-corrected chi connectivity index (χ1v) is 9.36. The number of aryl methyl sites for hydroxylation is 1. The maximum Gasteiger partial charge on any atom is 0.336 e. The third-order valence-corrected chi connectivity index (χ3v) is 5.30. The van der Waals surface area contributed by atoms with Crippen LogP contribution in [0.5, 0.6) is 0 Å². The molecule has 0 aliphatic carbocycles. The van der Waals surface area contributed by atoms with Crippen LogP contribution in [0.2, 0.25) is 0 Å². The van der Waals surface area contributed by atoms with Gasteiger partial charge >= 0.3 is 5.97 Å². The molecule has 1 atom stereocenters. The van der Waals surface area contributed by atoms with Gasteiger partial charge in [0.05, 0.1) is 5.56 Å². The van der Waals surface area contributed by atoms with E-state index >= 15 is 0 Å². The predicted molar refractivity (Wildman–Crippen MR) is 95.8 cm³/mol. The lowest BCUT2D eigenvalue weighted by atomic mass is 9.96. The molecule has 1 heterocycles. The molecule has 1 unspecified atom stereocenters. The summed E-state index contributed by atoms with van der Waals surface area (Å²) in [5.74, 6) is 0.520. The number of rotatable bonds is 11. The number of aromatic carboxylic acids is 1. The van der Waals surface area contributed by atoms with Crippen molar-refractivity contribution >= 4 is 23.8 Å². The molecule has 0 aromatic heterocycles. The summed E-state index contributed by atoms with van der Waals surface area (Å²) in [4.78, 5) is 11.2. The molecule has 0 bridgehead atoms. The standard InChI is InChI=1S/C19H26O2S/c1-2-17-15(11-9-13-18(17)19(20)21)10-7-5-3-4-6-8-12-16-14-22-16/h2,9,11,13,16H,1,3-8,10,12,14H2,(H,20,21). The molecule has 1 N–H and O–H groups in total. The summed E-state index contributed by atoms with van der Waals surface area (Å²) in [6.07, 6.45) is 11.8. The molecule has 2 nitrogen and oxygen atoms in total. The summed E-state index contributed by atoms with van der Waals surface area (Å²) in [6, 6.07) is 5.51. The summed E-state index contributed by atoms with van der Waals surface area (Å²) >= 11 is 2.09. The van der Waals surface area contributed by atoms with E-state index < -0.39 is 5.97 Å². The molecule has 1 aliphatic rings. The Bertz CT molecular complexity index is 506. The van der Waals surface area contributed by atoms with Gasteiger partial charge in [0, 0.05) is 11.0 Å². The fourth-order valence-electron chi connectivity index (χ4n) is 2.89. The van der Waals surface area contributed by atoms with Crippen molar-refractivity contribution in [2.24, 2.45) is 0 Å². The Morgan fingerprint density at radius 2 is 1.91 bits per heavy atom. The molecule has 0 spiro atoms. The van der Waals surface area contributed by atoms with Crippen LogP contribution in [-0.4, -0.2) is 22.1 Å². The number of hydrogen-bond donors (Lipinski definition) is 1. The van der Waals surface area contributed by atoms with E-state index in [1.165, 1.54) is 44.3 Å². The zero-order chi connectivity index (χ0) is 15.8. The predicted octanol–water partition coefficient (Wildman–Crippen LogP) is 5.42. The van der Waals surface area contributed by atoms with Crippen molar-refractivity contribution in [3.63, 3.8) is 0 Å². The van der Waals surface area contributed by atoms with E-state index in [4.69, 9.17) is 0 Å². The summed E-state index contributed by atoms with van der Waals surface area (Å²) < 4.78 is 0. The number of carbonyl (C=O) groups is 1. The van der Waals surface area contributed by atoms with E-state index in [9.17, 15) is 9.90 Å². The Labute approximate surface area is 138 Å². The molecule has 1 aliphatic heterocycles. The van der Waals surface area contributed by atoms with Crippen LogP contribution < -0.4 is 0 Å². The van der Waals surface area contributed by atoms with Gasteiger partial charge in [0.15, 0.2) is 0 Å². The van der Waals surface area contributed by atoms with Crippen molar-refractivity contribution < 1.29 is 9.90 Å². The van der Waals surface area contributed by atoms with Crippen molar-refractivity contribution in [3.8, 4) is 0 Å². The maximum atomic E-state index is 11.2. The molecule has 2 rings (SSSR count). The number of hydrogen-bond acceptors (Lipinski definition) is 2. The van der Waals surface area contributed by atoms with E-state index in [0.29, 0.717) is 5.56 Å². The van der Waals surface area contributed by atoms with Crippen LogP contribution >= 0.6 is 11.8 Å². The van der Waals surface area contributed by atoms with Crippen LogP contribution in [0.1, 0.15) is 66.4 Å². The minimum absolute atomic E-state index is 0.366. The van der Waals surface area contributed by atoms with Crippen molar-refractivity contribution in [1.82, 2.24) is 0 Å². The first-order chi connectivity index (χ1) is 10.7. The number of carboxylic acids is 1. The third-order valence-electron chi connectivity index (χ3n) is 4.26. The Morgan fingerprint density at radius 1 is 1.23 bits per heavy atom. The van der Waals surface area contributed by atoms with Crippen molar-refractivity contribution in [1.29, 1.82) is 0 Å². The highest BCUT2D eigenvalue weighted by atomic mass is 32.2. The number of unbranched alkanes of at least 4 members (excludes halogenated alkanes) is 5. The number of carboxylic acid groups (broad SMARTS) is 1. The van der Waals surface area contributed by atoms with E-state index in [1.807, 2.05) is 12.1 Å². The monoisotopic (exact) mass is 318 g/mol. The molecule has 22 heavy (non-hydrogen) atoms. The Morgan fingerprint density at radius 3 is 2.55 bits per heavy atom. The average Bonchev–Trinajstić information content (AvgIpc) is 3.33. The topological polar surface area (TPSA) is 37.3 Å². The fourth-order valence-corrected chi connectivity index (χ4v) is 3.52. The second-order valence-electron chi connectivity index (χ2n) is 6.00. The van der Waals surface area contributed by atoms with Crippen molar-refractivity contribution in [3.05, 3.63) is 41.5 Å². The molecule has 1 aromatic rings. The molecule has 0 saturated carbocycles. The Hall–Kier alpha value is -1.22. The van der Waals surface area contributed by atoms with E-state index in [1.54, 1.807) is 12.1 Å². The van der Waals surface area contributed by atoms with Gasteiger partial charge in [-0.3, -0.25) is 0 Å². The van der Waals surface area contributed by atoms with Gasteiger partial charge in [-0.15, -0.1) is 0 Å². The summed E-state index contributed by atoms with van der Waals surface area (Å²) in [5, 5.41) is 10.2. The molecule has 3 heteroatoms. The number of benzene rings is 1. The molecule has 1 aromatic carbocycles. The van der Waals surface area contributed by atoms with Crippen LogP contribution in [0.4, 0.5) is 0 Å². The fraction of sp³-hybridized carbons (Fsp3) is 0.526. The lowest BCUT2D eigenvalue weighted by Gasteiger charge is -2.09. The lowest BCUT2D eigenvalue weighted by Crippen LogP contribution is -2.02. The Kier molecular flexibility index (Phi) is 7.04. The molecular weight excluding hydrogens is 292 g/mol. The zero-order valence-electron chi connectivity index (χ0n) is 13.2. The summed E-state index contributed by atoms with van der Waals surface area (Å²) in [5.41, 5.74) is 2.27. The van der Waals surface area contributed by atoms with Crippen LogP contribution in [0.25, 0.3) is 6.08 Å². The van der Waals surface area contributed by atoms with Crippen molar-refractivity contribution in [2.75, 3.05) is 5.75 Å². The van der Waals surface area contributed by atoms with E-state index in [-0.39, 0.29) is 0 Å². The van der Waals surface area contributed by atoms with Gasteiger partial charge in [0.1, 0.15) is 0 Å². The first kappa shape index (κ1) is 17.1. The van der Waals surface area contributed by atoms with E-state index in [2.05, 4.69) is 18.3 Å². The molecule has 0 radical (unpaired) electrons. The van der Waals surface area contributed by atoms with Gasteiger partial charge in [-0.2, -0.15) is 11.8 Å². The highest BCUT2D eigenvalue weighted by Gasteiger charge is 2.20. The molecule has 120 valence electrons. The smallest absolute Gasteiger partial charge is 0.336 e.